The molecule has 0 aromatic carbocycles. The van der Waals surface area contributed by atoms with E-state index >= 15 is 0 Å². The Kier molecular flexibility index (Phi) is 4.96. The second-order valence-electron chi connectivity index (χ2n) is 5.03. The zero-order chi connectivity index (χ0) is 16.3. The van der Waals surface area contributed by atoms with E-state index in [0.717, 1.165) is 4.47 Å². The molecule has 0 aliphatic rings. The molecule has 2 N–H and O–H groups in total. The fourth-order valence-corrected chi connectivity index (χ4v) is 2.26. The van der Waals surface area contributed by atoms with Gasteiger partial charge in [0.15, 0.2) is 0 Å². The summed E-state index contributed by atoms with van der Waals surface area (Å²) in [4.78, 5) is 23.9. The van der Waals surface area contributed by atoms with E-state index in [1.165, 1.54) is 0 Å². The molecule has 1 atom stereocenters. The van der Waals surface area contributed by atoms with Crippen LogP contribution in [0.25, 0.3) is 0 Å². The molecule has 0 radical (unpaired) electrons. The summed E-state index contributed by atoms with van der Waals surface area (Å²) in [7, 11) is 1.73. The molecule has 0 unspecified atom stereocenters. The van der Waals surface area contributed by atoms with Crippen LogP contribution >= 0.6 is 15.9 Å². The van der Waals surface area contributed by atoms with Crippen molar-refractivity contribution in [2.75, 3.05) is 0 Å². The molecule has 0 fully saturated rings. The van der Waals surface area contributed by atoms with Crippen LogP contribution in [0.3, 0.4) is 0 Å². The van der Waals surface area contributed by atoms with Gasteiger partial charge in [0, 0.05) is 19.4 Å². The van der Waals surface area contributed by atoms with Gasteiger partial charge in [-0.25, -0.2) is 0 Å². The summed E-state index contributed by atoms with van der Waals surface area (Å²) in [6, 6.07) is 0. The van der Waals surface area contributed by atoms with Crippen molar-refractivity contribution in [3.63, 3.8) is 0 Å². The molecule has 0 saturated heterocycles. The van der Waals surface area contributed by atoms with Gasteiger partial charge in [0.05, 0.1) is 34.4 Å². The first-order chi connectivity index (χ1) is 10.4. The molecular formula is C13H17BrN6O2. The highest BCUT2D eigenvalue weighted by Gasteiger charge is 2.17. The minimum absolute atomic E-state index is 0.290. The molecule has 0 saturated carbocycles. The standard InChI is InChI=1S/C13H17BrN6O2/c1-8(5-20-6-10(14)4-15-20)12(21)16-17-13(22)11-7-19(3)18-9(11)2/h4,6-8H,5H2,1-3H3,(H,16,21)(H,17,22)/t8-/m1/s1. The number of amides is 2. The van der Waals surface area contributed by atoms with E-state index < -0.39 is 5.91 Å². The highest BCUT2D eigenvalue weighted by Crippen LogP contribution is 2.08. The smallest absolute Gasteiger partial charge is 0.273 e. The summed E-state index contributed by atoms with van der Waals surface area (Å²) in [5, 5.41) is 8.17. The summed E-state index contributed by atoms with van der Waals surface area (Å²) in [6.45, 7) is 3.90. The lowest BCUT2D eigenvalue weighted by Crippen LogP contribution is -2.44. The molecule has 2 rings (SSSR count). The summed E-state index contributed by atoms with van der Waals surface area (Å²) < 4.78 is 4.05. The Morgan fingerprint density at radius 2 is 2.09 bits per heavy atom. The lowest BCUT2D eigenvalue weighted by atomic mass is 10.2. The van der Waals surface area contributed by atoms with Crippen LogP contribution in [0, 0.1) is 12.8 Å². The van der Waals surface area contributed by atoms with E-state index in [0.29, 0.717) is 17.8 Å². The number of hydrogen-bond donors (Lipinski definition) is 2. The van der Waals surface area contributed by atoms with E-state index in [2.05, 4.69) is 37.0 Å². The maximum Gasteiger partial charge on any atom is 0.273 e. The molecule has 118 valence electrons. The van der Waals surface area contributed by atoms with Gasteiger partial charge in [0.1, 0.15) is 0 Å². The van der Waals surface area contributed by atoms with Gasteiger partial charge in [-0.15, -0.1) is 0 Å². The predicted molar refractivity (Wildman–Crippen MR) is 82.6 cm³/mol. The zero-order valence-corrected chi connectivity index (χ0v) is 14.1. The molecule has 0 aliphatic heterocycles. The average Bonchev–Trinajstić information content (AvgIpc) is 3.01. The second kappa shape index (κ2) is 6.73. The zero-order valence-electron chi connectivity index (χ0n) is 12.5. The van der Waals surface area contributed by atoms with Crippen molar-refractivity contribution in [2.45, 2.75) is 20.4 Å². The third kappa shape index (κ3) is 3.94. The van der Waals surface area contributed by atoms with Crippen LogP contribution in [0.5, 0.6) is 0 Å². The molecule has 0 spiro atoms. The molecule has 0 bridgehead atoms. The first-order valence-electron chi connectivity index (χ1n) is 6.65. The number of hydrazine groups is 1. The number of aryl methyl sites for hydroxylation is 2. The van der Waals surface area contributed by atoms with Crippen molar-refractivity contribution in [1.82, 2.24) is 30.4 Å². The number of carbonyl (C=O) groups is 2. The molecule has 8 nitrogen and oxygen atoms in total. The Morgan fingerprint density at radius 1 is 1.36 bits per heavy atom. The number of aromatic nitrogens is 4. The van der Waals surface area contributed by atoms with Crippen molar-refractivity contribution >= 4 is 27.7 Å². The van der Waals surface area contributed by atoms with Gasteiger partial charge >= 0.3 is 0 Å². The fourth-order valence-electron chi connectivity index (χ4n) is 1.93. The van der Waals surface area contributed by atoms with Crippen molar-refractivity contribution in [2.24, 2.45) is 13.0 Å². The Hall–Kier alpha value is -2.16. The normalized spacial score (nSPS) is 12.0. The third-order valence-corrected chi connectivity index (χ3v) is 3.48. The van der Waals surface area contributed by atoms with Crippen molar-refractivity contribution < 1.29 is 9.59 Å². The van der Waals surface area contributed by atoms with E-state index in [4.69, 9.17) is 0 Å². The van der Waals surface area contributed by atoms with Crippen molar-refractivity contribution in [1.29, 1.82) is 0 Å². The average molecular weight is 369 g/mol. The van der Waals surface area contributed by atoms with Crippen LogP contribution in [0.2, 0.25) is 0 Å². The predicted octanol–water partition coefficient (Wildman–Crippen LogP) is 0.785. The summed E-state index contributed by atoms with van der Waals surface area (Å²) in [5.74, 6) is -1.03. The number of hydrogen-bond acceptors (Lipinski definition) is 4. The van der Waals surface area contributed by atoms with Crippen LogP contribution in [-0.4, -0.2) is 31.4 Å². The highest BCUT2D eigenvalue weighted by atomic mass is 79.9. The number of halogens is 1. The number of nitrogens with zero attached hydrogens (tertiary/aromatic N) is 4. The molecule has 0 aliphatic carbocycles. The Bertz CT molecular complexity index is 693. The highest BCUT2D eigenvalue weighted by molar-refractivity contribution is 9.10. The lowest BCUT2D eigenvalue weighted by Gasteiger charge is -2.12. The largest absolute Gasteiger partial charge is 0.275 e. The Morgan fingerprint density at radius 3 is 2.64 bits per heavy atom. The van der Waals surface area contributed by atoms with E-state index in [1.54, 1.807) is 48.8 Å². The fraction of sp³-hybridized carbons (Fsp3) is 0.385. The van der Waals surface area contributed by atoms with Gasteiger partial charge in [0.2, 0.25) is 5.91 Å². The topological polar surface area (TPSA) is 93.8 Å². The van der Waals surface area contributed by atoms with E-state index in [-0.39, 0.29) is 11.8 Å². The first kappa shape index (κ1) is 16.2. The molecule has 2 amide bonds. The molecule has 2 aromatic rings. The molecule has 2 heterocycles. The summed E-state index contributed by atoms with van der Waals surface area (Å²) in [6.07, 6.45) is 5.03. The number of carbonyl (C=O) groups excluding carboxylic acids is 2. The van der Waals surface area contributed by atoms with Crippen LogP contribution in [0.4, 0.5) is 0 Å². The van der Waals surface area contributed by atoms with E-state index in [1.807, 2.05) is 0 Å². The maximum absolute atomic E-state index is 12.0. The summed E-state index contributed by atoms with van der Waals surface area (Å²) in [5.41, 5.74) is 5.83. The lowest BCUT2D eigenvalue weighted by molar-refractivity contribution is -0.125. The Labute approximate surface area is 136 Å². The van der Waals surface area contributed by atoms with Crippen LogP contribution in [-0.2, 0) is 18.4 Å². The molecule has 2 aromatic heterocycles. The first-order valence-corrected chi connectivity index (χ1v) is 7.44. The van der Waals surface area contributed by atoms with Gasteiger partial charge in [-0.3, -0.25) is 29.8 Å². The van der Waals surface area contributed by atoms with Crippen LogP contribution < -0.4 is 10.9 Å². The minimum Gasteiger partial charge on any atom is -0.275 e. The van der Waals surface area contributed by atoms with Crippen molar-refractivity contribution in [3.05, 3.63) is 34.3 Å². The second-order valence-corrected chi connectivity index (χ2v) is 5.94. The third-order valence-electron chi connectivity index (χ3n) is 3.07. The minimum atomic E-state index is -0.395. The van der Waals surface area contributed by atoms with Gasteiger partial charge in [-0.1, -0.05) is 6.92 Å². The number of nitrogens with one attached hydrogen (secondary N) is 2. The van der Waals surface area contributed by atoms with Gasteiger partial charge in [-0.05, 0) is 22.9 Å². The van der Waals surface area contributed by atoms with Crippen LogP contribution in [0.15, 0.2) is 23.1 Å². The van der Waals surface area contributed by atoms with Crippen LogP contribution in [0.1, 0.15) is 23.0 Å². The molecular weight excluding hydrogens is 352 g/mol. The van der Waals surface area contributed by atoms with Gasteiger partial charge in [-0.2, -0.15) is 10.2 Å². The van der Waals surface area contributed by atoms with Gasteiger partial charge in [0.25, 0.3) is 5.91 Å². The quantitative estimate of drug-likeness (QED) is 0.779. The maximum atomic E-state index is 12.0. The van der Waals surface area contributed by atoms with Crippen molar-refractivity contribution in [3.8, 4) is 0 Å². The summed E-state index contributed by atoms with van der Waals surface area (Å²) >= 11 is 3.29. The van der Waals surface area contributed by atoms with Gasteiger partial charge < -0.3 is 0 Å². The SMILES string of the molecule is Cc1nn(C)cc1C(=O)NNC(=O)[C@H](C)Cn1cc(Br)cn1. The molecule has 22 heavy (non-hydrogen) atoms. The molecule has 9 heteroatoms. The Balaban J connectivity index is 1.86. The van der Waals surface area contributed by atoms with E-state index in [9.17, 15) is 9.59 Å². The number of rotatable bonds is 4. The monoisotopic (exact) mass is 368 g/mol.